The number of pyridine rings is 1. The molecule has 1 rings (SSSR count). The molecule has 76 valence electrons. The fourth-order valence-electron chi connectivity index (χ4n) is 0.894. The van der Waals surface area contributed by atoms with E-state index in [0.717, 1.165) is 12.4 Å². The lowest BCUT2D eigenvalue weighted by Crippen LogP contribution is -2.05. The van der Waals surface area contributed by atoms with Gasteiger partial charge in [-0.15, -0.1) is 0 Å². The van der Waals surface area contributed by atoms with Crippen LogP contribution in [0, 0.1) is 17.0 Å². The van der Waals surface area contributed by atoms with Crippen LogP contribution in [-0.4, -0.2) is 16.5 Å². The third kappa shape index (κ3) is 2.12. The van der Waals surface area contributed by atoms with Gasteiger partial charge in [-0.25, -0.2) is 0 Å². The van der Waals surface area contributed by atoms with Gasteiger partial charge < -0.3 is 4.74 Å². The van der Waals surface area contributed by atoms with Gasteiger partial charge in [0.25, 0.3) is 5.69 Å². The summed E-state index contributed by atoms with van der Waals surface area (Å²) in [6.07, 6.45) is 1.99. The van der Waals surface area contributed by atoms with Gasteiger partial charge in [0.15, 0.2) is 5.75 Å². The molecule has 0 fully saturated rings. The summed E-state index contributed by atoms with van der Waals surface area (Å²) in [5.74, 6) is -0.283. The molecule has 0 amide bonds. The van der Waals surface area contributed by atoms with E-state index >= 15 is 0 Å². The van der Waals surface area contributed by atoms with E-state index in [-0.39, 0.29) is 17.0 Å². The molecule has 0 atom stereocenters. The van der Waals surface area contributed by atoms with Crippen molar-refractivity contribution in [3.8, 4) is 5.75 Å². The number of nitro groups is 1. The van der Waals surface area contributed by atoms with Crippen molar-refractivity contribution in [1.82, 2.24) is 4.98 Å². The second-order valence-corrected chi connectivity index (χ2v) is 2.42. The highest BCUT2D eigenvalue weighted by Gasteiger charge is 2.17. The standard InChI is InChI=1S/C7H6F2N2O3/c1-4-5(11(12)13)2-10-3-6(4)14-7(8)9/h2-3,7H,1H3. The van der Waals surface area contributed by atoms with Crippen molar-refractivity contribution in [3.05, 3.63) is 28.1 Å². The van der Waals surface area contributed by atoms with Crippen LogP contribution in [-0.2, 0) is 0 Å². The van der Waals surface area contributed by atoms with Crippen molar-refractivity contribution in [2.45, 2.75) is 13.5 Å². The molecule has 0 aliphatic rings. The Morgan fingerprint density at radius 3 is 2.71 bits per heavy atom. The molecule has 5 nitrogen and oxygen atoms in total. The van der Waals surface area contributed by atoms with Crippen LogP contribution in [0.4, 0.5) is 14.5 Å². The van der Waals surface area contributed by atoms with Crippen molar-refractivity contribution < 1.29 is 18.4 Å². The molecular formula is C7H6F2N2O3. The Balaban J connectivity index is 3.07. The topological polar surface area (TPSA) is 65.3 Å². The number of hydrogen-bond donors (Lipinski definition) is 0. The predicted octanol–water partition coefficient (Wildman–Crippen LogP) is 1.90. The second kappa shape index (κ2) is 3.95. The maximum absolute atomic E-state index is 11.8. The quantitative estimate of drug-likeness (QED) is 0.557. The SMILES string of the molecule is Cc1c(OC(F)F)cncc1[N+](=O)[O-]. The number of rotatable bonds is 3. The van der Waals surface area contributed by atoms with E-state index in [1.54, 1.807) is 0 Å². The lowest BCUT2D eigenvalue weighted by molar-refractivity contribution is -0.385. The van der Waals surface area contributed by atoms with Crippen LogP contribution in [0.5, 0.6) is 5.75 Å². The Bertz CT molecular complexity index is 357. The Morgan fingerprint density at radius 2 is 2.21 bits per heavy atom. The van der Waals surface area contributed by atoms with E-state index < -0.39 is 11.5 Å². The van der Waals surface area contributed by atoms with Crippen LogP contribution in [0.3, 0.4) is 0 Å². The van der Waals surface area contributed by atoms with E-state index in [1.807, 2.05) is 0 Å². The summed E-state index contributed by atoms with van der Waals surface area (Å²) >= 11 is 0. The molecule has 0 saturated heterocycles. The van der Waals surface area contributed by atoms with E-state index in [9.17, 15) is 18.9 Å². The Morgan fingerprint density at radius 1 is 1.57 bits per heavy atom. The van der Waals surface area contributed by atoms with Gasteiger partial charge in [-0.1, -0.05) is 0 Å². The molecule has 0 aliphatic carbocycles. The third-order valence-corrected chi connectivity index (χ3v) is 1.56. The number of ether oxygens (including phenoxy) is 1. The largest absolute Gasteiger partial charge is 0.433 e. The highest BCUT2D eigenvalue weighted by Crippen LogP contribution is 2.26. The van der Waals surface area contributed by atoms with E-state index in [4.69, 9.17) is 0 Å². The summed E-state index contributed by atoms with van der Waals surface area (Å²) in [5.41, 5.74) is -0.312. The number of alkyl halides is 2. The average molecular weight is 204 g/mol. The smallest absolute Gasteiger partial charge is 0.387 e. The van der Waals surface area contributed by atoms with E-state index in [2.05, 4.69) is 9.72 Å². The van der Waals surface area contributed by atoms with Crippen LogP contribution >= 0.6 is 0 Å². The number of hydrogen-bond acceptors (Lipinski definition) is 4. The molecule has 0 spiro atoms. The highest BCUT2D eigenvalue weighted by atomic mass is 19.3. The molecule has 1 aromatic heterocycles. The molecule has 7 heteroatoms. The predicted molar refractivity (Wildman–Crippen MR) is 42.3 cm³/mol. The fourth-order valence-corrected chi connectivity index (χ4v) is 0.894. The molecule has 1 heterocycles. The van der Waals surface area contributed by atoms with Crippen molar-refractivity contribution >= 4 is 5.69 Å². The zero-order valence-corrected chi connectivity index (χ0v) is 7.11. The van der Waals surface area contributed by atoms with Crippen LogP contribution in [0.15, 0.2) is 12.4 Å². The third-order valence-electron chi connectivity index (χ3n) is 1.56. The molecule has 1 aromatic rings. The van der Waals surface area contributed by atoms with Crippen molar-refractivity contribution in [3.63, 3.8) is 0 Å². The minimum Gasteiger partial charge on any atom is -0.433 e. The summed E-state index contributed by atoms with van der Waals surface area (Å²) in [4.78, 5) is 13.1. The molecular weight excluding hydrogens is 198 g/mol. The molecule has 0 aromatic carbocycles. The first-order valence-corrected chi connectivity index (χ1v) is 3.56. The number of aromatic nitrogens is 1. The Labute approximate surface area is 77.5 Å². The molecule has 0 bridgehead atoms. The first kappa shape index (κ1) is 10.3. The summed E-state index contributed by atoms with van der Waals surface area (Å²) in [6, 6.07) is 0. The van der Waals surface area contributed by atoms with Crippen molar-refractivity contribution in [2.24, 2.45) is 0 Å². The Kier molecular flexibility index (Phi) is 2.90. The van der Waals surface area contributed by atoms with Gasteiger partial charge in [-0.05, 0) is 6.92 Å². The molecule has 0 unspecified atom stereocenters. The normalized spacial score (nSPS) is 10.3. The fraction of sp³-hybridized carbons (Fsp3) is 0.286. The summed E-state index contributed by atoms with van der Waals surface area (Å²) in [6.45, 7) is -1.70. The summed E-state index contributed by atoms with van der Waals surface area (Å²) in [5, 5.41) is 10.4. The molecule has 14 heavy (non-hydrogen) atoms. The molecule has 0 N–H and O–H groups in total. The van der Waals surface area contributed by atoms with E-state index in [0.29, 0.717) is 0 Å². The van der Waals surface area contributed by atoms with Crippen molar-refractivity contribution in [1.29, 1.82) is 0 Å². The minimum atomic E-state index is -3.02. The van der Waals surface area contributed by atoms with Gasteiger partial charge in [0, 0.05) is 0 Å². The van der Waals surface area contributed by atoms with Crippen LogP contribution in [0.25, 0.3) is 0 Å². The van der Waals surface area contributed by atoms with Gasteiger partial charge >= 0.3 is 6.61 Å². The van der Waals surface area contributed by atoms with Gasteiger partial charge in [0.2, 0.25) is 0 Å². The molecule has 0 radical (unpaired) electrons. The summed E-state index contributed by atoms with van der Waals surface area (Å²) in [7, 11) is 0. The maximum atomic E-state index is 11.8. The molecule has 0 aliphatic heterocycles. The van der Waals surface area contributed by atoms with Gasteiger partial charge in [0.1, 0.15) is 6.20 Å². The maximum Gasteiger partial charge on any atom is 0.387 e. The summed E-state index contributed by atoms with van der Waals surface area (Å²) < 4.78 is 27.7. The first-order valence-electron chi connectivity index (χ1n) is 3.56. The van der Waals surface area contributed by atoms with Gasteiger partial charge in [-0.3, -0.25) is 15.1 Å². The lowest BCUT2D eigenvalue weighted by Gasteiger charge is -2.06. The zero-order valence-electron chi connectivity index (χ0n) is 7.11. The van der Waals surface area contributed by atoms with Gasteiger partial charge in [0.05, 0.1) is 16.7 Å². The van der Waals surface area contributed by atoms with Crippen LogP contribution in [0.1, 0.15) is 5.56 Å². The monoisotopic (exact) mass is 204 g/mol. The van der Waals surface area contributed by atoms with Gasteiger partial charge in [-0.2, -0.15) is 8.78 Å². The number of nitrogens with zero attached hydrogens (tertiary/aromatic N) is 2. The highest BCUT2D eigenvalue weighted by molar-refractivity contribution is 5.45. The minimum absolute atomic E-state index is 0.0327. The lowest BCUT2D eigenvalue weighted by atomic mass is 10.2. The molecule has 0 saturated carbocycles. The number of halogens is 2. The first-order chi connectivity index (χ1) is 6.52. The zero-order chi connectivity index (χ0) is 10.7. The second-order valence-electron chi connectivity index (χ2n) is 2.42. The van der Waals surface area contributed by atoms with Crippen molar-refractivity contribution in [2.75, 3.05) is 0 Å². The van der Waals surface area contributed by atoms with E-state index in [1.165, 1.54) is 6.92 Å². The van der Waals surface area contributed by atoms with Crippen LogP contribution in [0.2, 0.25) is 0 Å². The Hall–Kier alpha value is -1.79. The van der Waals surface area contributed by atoms with Crippen LogP contribution < -0.4 is 4.74 Å². The average Bonchev–Trinajstić information content (AvgIpc) is 2.07.